The van der Waals surface area contributed by atoms with E-state index in [-0.39, 0.29) is 11.3 Å². The number of Topliss-reactive ketones (excluding diaryl/α,β-unsaturated/α-hetero) is 1. The molecule has 5 rings (SSSR count). The maximum Gasteiger partial charge on any atom is 0.301 e. The number of fused-ring (bicyclic) bond motifs is 1. The Morgan fingerprint density at radius 1 is 0.971 bits per heavy atom. The summed E-state index contributed by atoms with van der Waals surface area (Å²) in [5, 5.41) is 11.6. The number of aromatic nitrogens is 1. The summed E-state index contributed by atoms with van der Waals surface area (Å²) in [5.41, 5.74) is 4.03. The number of carbonyl (C=O) groups is 2. The van der Waals surface area contributed by atoms with Gasteiger partial charge in [-0.05, 0) is 49.2 Å². The summed E-state index contributed by atoms with van der Waals surface area (Å²) < 4.78 is 6.19. The van der Waals surface area contributed by atoms with Gasteiger partial charge >= 0.3 is 5.91 Å². The van der Waals surface area contributed by atoms with Gasteiger partial charge in [-0.2, -0.15) is 0 Å². The lowest BCUT2D eigenvalue weighted by Gasteiger charge is -2.23. The predicted molar refractivity (Wildman–Crippen MR) is 133 cm³/mol. The molecule has 0 aliphatic carbocycles. The van der Waals surface area contributed by atoms with E-state index in [0.717, 1.165) is 21.3 Å². The van der Waals surface area contributed by atoms with E-state index < -0.39 is 17.7 Å². The summed E-state index contributed by atoms with van der Waals surface area (Å²) in [7, 11) is 1.57. The number of benzene rings is 3. The Morgan fingerprint density at radius 2 is 1.65 bits per heavy atom. The summed E-state index contributed by atoms with van der Waals surface area (Å²) in [6.45, 7) is 3.93. The molecular formula is C27H22N2O4S. The van der Waals surface area contributed by atoms with Crippen molar-refractivity contribution in [3.63, 3.8) is 0 Å². The van der Waals surface area contributed by atoms with Crippen LogP contribution in [0.1, 0.15) is 28.3 Å². The smallest absolute Gasteiger partial charge is 0.301 e. The lowest BCUT2D eigenvalue weighted by molar-refractivity contribution is -0.132. The first-order valence-electron chi connectivity index (χ1n) is 10.8. The summed E-state index contributed by atoms with van der Waals surface area (Å²) in [6, 6.07) is 19.3. The quantitative estimate of drug-likeness (QED) is 0.240. The Balaban J connectivity index is 1.72. The van der Waals surface area contributed by atoms with E-state index in [9.17, 15) is 14.7 Å². The van der Waals surface area contributed by atoms with Gasteiger partial charge in [0.15, 0.2) is 5.13 Å². The van der Waals surface area contributed by atoms with Crippen molar-refractivity contribution in [3.8, 4) is 5.75 Å². The molecule has 1 fully saturated rings. The molecule has 0 radical (unpaired) electrons. The number of methoxy groups -OCH3 is 1. The monoisotopic (exact) mass is 470 g/mol. The highest BCUT2D eigenvalue weighted by Crippen LogP contribution is 2.44. The Labute approximate surface area is 200 Å². The van der Waals surface area contributed by atoms with Crippen molar-refractivity contribution >= 4 is 44.1 Å². The van der Waals surface area contributed by atoms with E-state index in [1.165, 1.54) is 16.2 Å². The van der Waals surface area contributed by atoms with Crippen LogP contribution in [0, 0.1) is 13.8 Å². The van der Waals surface area contributed by atoms with Crippen LogP contribution in [0.3, 0.4) is 0 Å². The number of aryl methyl sites for hydroxylation is 2. The highest BCUT2D eigenvalue weighted by atomic mass is 32.1. The third-order valence-corrected chi connectivity index (χ3v) is 6.96. The number of carbonyl (C=O) groups excluding carboxylic acids is 2. The van der Waals surface area contributed by atoms with Crippen molar-refractivity contribution in [2.24, 2.45) is 0 Å². The highest BCUT2D eigenvalue weighted by Gasteiger charge is 2.48. The second-order valence-electron chi connectivity index (χ2n) is 8.28. The molecule has 1 aromatic heterocycles. The molecule has 2 heterocycles. The first kappa shape index (κ1) is 21.9. The predicted octanol–water partition coefficient (Wildman–Crippen LogP) is 5.55. The van der Waals surface area contributed by atoms with Crippen molar-refractivity contribution in [1.29, 1.82) is 0 Å². The van der Waals surface area contributed by atoms with E-state index in [4.69, 9.17) is 4.74 Å². The molecule has 0 saturated carbocycles. The van der Waals surface area contributed by atoms with E-state index in [1.54, 1.807) is 43.5 Å². The van der Waals surface area contributed by atoms with E-state index in [0.29, 0.717) is 22.0 Å². The maximum atomic E-state index is 13.3. The van der Waals surface area contributed by atoms with E-state index in [2.05, 4.69) is 4.98 Å². The lowest BCUT2D eigenvalue weighted by atomic mass is 9.95. The zero-order valence-corrected chi connectivity index (χ0v) is 19.7. The molecule has 1 saturated heterocycles. The molecule has 7 heteroatoms. The minimum absolute atomic E-state index is 0.0365. The number of amides is 1. The first-order chi connectivity index (χ1) is 16.4. The fraction of sp³-hybridized carbons (Fsp3) is 0.148. The fourth-order valence-corrected chi connectivity index (χ4v) is 5.21. The van der Waals surface area contributed by atoms with Gasteiger partial charge in [-0.1, -0.05) is 59.4 Å². The van der Waals surface area contributed by atoms with Gasteiger partial charge in [0.1, 0.15) is 11.5 Å². The zero-order valence-electron chi connectivity index (χ0n) is 18.9. The van der Waals surface area contributed by atoms with Crippen LogP contribution in [0.2, 0.25) is 0 Å². The third-order valence-electron chi connectivity index (χ3n) is 5.94. The molecular weight excluding hydrogens is 448 g/mol. The number of hydrogen-bond acceptors (Lipinski definition) is 6. The lowest BCUT2D eigenvalue weighted by Crippen LogP contribution is -2.29. The number of rotatable bonds is 4. The molecule has 1 amide bonds. The minimum atomic E-state index is -0.825. The van der Waals surface area contributed by atoms with E-state index in [1.807, 2.05) is 44.2 Å². The van der Waals surface area contributed by atoms with Crippen LogP contribution in [-0.2, 0) is 9.59 Å². The van der Waals surface area contributed by atoms with Crippen molar-refractivity contribution in [3.05, 3.63) is 94.6 Å². The summed E-state index contributed by atoms with van der Waals surface area (Å²) in [4.78, 5) is 32.7. The van der Waals surface area contributed by atoms with Crippen LogP contribution in [0.15, 0.2) is 72.3 Å². The molecule has 170 valence electrons. The summed E-state index contributed by atoms with van der Waals surface area (Å²) in [6.07, 6.45) is 0. The van der Waals surface area contributed by atoms with E-state index >= 15 is 0 Å². The number of aliphatic hydroxyl groups is 1. The van der Waals surface area contributed by atoms with Crippen LogP contribution >= 0.6 is 11.3 Å². The Kier molecular flexibility index (Phi) is 5.42. The zero-order chi connectivity index (χ0) is 24.0. The summed E-state index contributed by atoms with van der Waals surface area (Å²) in [5.74, 6) is -1.02. The molecule has 0 unspecified atom stereocenters. The molecule has 1 N–H and O–H groups in total. The molecule has 1 aliphatic heterocycles. The van der Waals surface area contributed by atoms with Gasteiger partial charge in [-0.3, -0.25) is 14.5 Å². The van der Waals surface area contributed by atoms with Crippen LogP contribution in [0.25, 0.3) is 16.0 Å². The number of hydrogen-bond donors (Lipinski definition) is 1. The second-order valence-corrected chi connectivity index (χ2v) is 9.29. The fourth-order valence-electron chi connectivity index (χ4n) is 4.12. The molecule has 1 aliphatic rings. The molecule has 3 aromatic carbocycles. The molecule has 0 spiro atoms. The average Bonchev–Trinajstić information content (AvgIpc) is 3.37. The number of nitrogens with zero attached hydrogens (tertiary/aromatic N) is 2. The molecule has 6 nitrogen and oxygen atoms in total. The topological polar surface area (TPSA) is 79.7 Å². The largest absolute Gasteiger partial charge is 0.507 e. The second kappa shape index (κ2) is 8.43. The van der Waals surface area contributed by atoms with Crippen molar-refractivity contribution in [1.82, 2.24) is 4.98 Å². The minimum Gasteiger partial charge on any atom is -0.507 e. The molecule has 4 aromatic rings. The van der Waals surface area contributed by atoms with Gasteiger partial charge in [-0.25, -0.2) is 4.98 Å². The maximum absolute atomic E-state index is 13.3. The Bertz CT molecular complexity index is 1450. The van der Waals surface area contributed by atoms with Crippen LogP contribution in [-0.4, -0.2) is 28.9 Å². The number of aliphatic hydroxyl groups excluding tert-OH is 1. The van der Waals surface area contributed by atoms with Gasteiger partial charge in [0, 0.05) is 5.56 Å². The number of anilines is 1. The SMILES string of the molecule is COc1ccc([C@@H]2C(=C(O)c3ccc(C)cc3)C(=O)C(=O)N2c2nc3ccc(C)cc3s2)cc1. The van der Waals surface area contributed by atoms with Gasteiger partial charge in [0.05, 0.1) is 28.9 Å². The van der Waals surface area contributed by atoms with Crippen molar-refractivity contribution < 1.29 is 19.4 Å². The van der Waals surface area contributed by atoms with Gasteiger partial charge in [0.2, 0.25) is 0 Å². The van der Waals surface area contributed by atoms with Gasteiger partial charge < -0.3 is 9.84 Å². The Hall–Kier alpha value is -3.97. The molecule has 1 atom stereocenters. The molecule has 0 bridgehead atoms. The van der Waals surface area contributed by atoms with Crippen LogP contribution in [0.4, 0.5) is 5.13 Å². The number of ketones is 1. The third kappa shape index (κ3) is 3.64. The number of thiazole rings is 1. The van der Waals surface area contributed by atoms with Gasteiger partial charge in [-0.15, -0.1) is 0 Å². The van der Waals surface area contributed by atoms with Crippen molar-refractivity contribution in [2.75, 3.05) is 12.0 Å². The summed E-state index contributed by atoms with van der Waals surface area (Å²) >= 11 is 1.34. The highest BCUT2D eigenvalue weighted by molar-refractivity contribution is 7.22. The van der Waals surface area contributed by atoms with Gasteiger partial charge in [0.25, 0.3) is 5.78 Å². The van der Waals surface area contributed by atoms with Crippen molar-refractivity contribution in [2.45, 2.75) is 19.9 Å². The average molecular weight is 471 g/mol. The van der Waals surface area contributed by atoms with Crippen LogP contribution in [0.5, 0.6) is 5.75 Å². The standard InChI is InChI=1S/C27H22N2O4S/c1-15-4-7-18(8-5-15)24(30)22-23(17-9-11-19(33-3)12-10-17)29(26(32)25(22)31)27-28-20-13-6-16(2)14-21(20)34-27/h4-14,23,30H,1-3H3/t23-/m1/s1. The Morgan fingerprint density at radius 3 is 2.32 bits per heavy atom. The molecule has 34 heavy (non-hydrogen) atoms. The normalized spacial score (nSPS) is 17.5. The number of ether oxygens (including phenoxy) is 1. The first-order valence-corrected chi connectivity index (χ1v) is 11.6. The van der Waals surface area contributed by atoms with Crippen LogP contribution < -0.4 is 9.64 Å².